The Morgan fingerprint density at radius 3 is 2.81 bits per heavy atom. The number of nitrogens with one attached hydrogen (secondary N) is 1. The molecule has 0 fully saturated rings. The highest BCUT2D eigenvalue weighted by molar-refractivity contribution is 5.72. The lowest BCUT2D eigenvalue weighted by Gasteiger charge is -2.15. The maximum absolute atomic E-state index is 11.2. The molecule has 1 rings (SSSR count). The van der Waals surface area contributed by atoms with Crippen molar-refractivity contribution in [1.82, 2.24) is 10.3 Å². The van der Waals surface area contributed by atoms with Crippen molar-refractivity contribution in [2.75, 3.05) is 13.7 Å². The molecule has 0 aliphatic heterocycles. The fraction of sp³-hybridized carbons (Fsp3) is 0.500. The third kappa shape index (κ3) is 3.62. The lowest BCUT2D eigenvalue weighted by molar-refractivity contribution is -0.144. The normalized spacial score (nSPS) is 14.2. The highest BCUT2D eigenvalue weighted by Crippen LogP contribution is 2.08. The van der Waals surface area contributed by atoms with Gasteiger partial charge < -0.3 is 10.1 Å². The minimum absolute atomic E-state index is 0.133. The zero-order chi connectivity index (χ0) is 12.0. The van der Waals surface area contributed by atoms with Gasteiger partial charge in [0, 0.05) is 18.8 Å². The number of hydrogen-bond donors (Lipinski definition) is 1. The van der Waals surface area contributed by atoms with Crippen molar-refractivity contribution in [3.05, 3.63) is 30.1 Å². The Balaban J connectivity index is 2.41. The van der Waals surface area contributed by atoms with Crippen LogP contribution in [-0.4, -0.2) is 24.6 Å². The molecule has 4 nitrogen and oxygen atoms in total. The van der Waals surface area contributed by atoms with Crippen LogP contribution in [0.25, 0.3) is 0 Å². The topological polar surface area (TPSA) is 51.2 Å². The Bertz CT molecular complexity index is 327. The van der Waals surface area contributed by atoms with Gasteiger partial charge in [-0.3, -0.25) is 9.78 Å². The number of ether oxygens (including phenoxy) is 1. The van der Waals surface area contributed by atoms with Crippen molar-refractivity contribution in [3.63, 3.8) is 0 Å². The summed E-state index contributed by atoms with van der Waals surface area (Å²) in [6.45, 7) is 4.45. The first-order valence-corrected chi connectivity index (χ1v) is 5.37. The number of hydrogen-bond acceptors (Lipinski definition) is 4. The third-order valence-electron chi connectivity index (χ3n) is 2.47. The Kier molecular flexibility index (Phi) is 4.92. The van der Waals surface area contributed by atoms with E-state index in [2.05, 4.69) is 15.0 Å². The SMILES string of the molecule is COC(=O)C(C)CN[C@@H](C)c1ccccn1. The molecule has 0 aliphatic carbocycles. The summed E-state index contributed by atoms with van der Waals surface area (Å²) in [5.41, 5.74) is 0.972. The summed E-state index contributed by atoms with van der Waals surface area (Å²) in [5, 5.41) is 3.25. The minimum atomic E-state index is -0.194. The molecule has 0 radical (unpaired) electrons. The van der Waals surface area contributed by atoms with Gasteiger partial charge in [-0.2, -0.15) is 0 Å². The first-order chi connectivity index (χ1) is 7.65. The van der Waals surface area contributed by atoms with Gasteiger partial charge >= 0.3 is 5.97 Å². The summed E-state index contributed by atoms with van der Waals surface area (Å²) in [7, 11) is 1.40. The van der Waals surface area contributed by atoms with E-state index in [1.54, 1.807) is 6.20 Å². The molecule has 0 amide bonds. The summed E-state index contributed by atoms with van der Waals surface area (Å²) in [5.74, 6) is -0.336. The fourth-order valence-corrected chi connectivity index (χ4v) is 1.37. The van der Waals surface area contributed by atoms with E-state index in [-0.39, 0.29) is 17.9 Å². The van der Waals surface area contributed by atoms with Gasteiger partial charge in [0.2, 0.25) is 0 Å². The van der Waals surface area contributed by atoms with E-state index in [9.17, 15) is 4.79 Å². The molecule has 1 N–H and O–H groups in total. The van der Waals surface area contributed by atoms with Crippen molar-refractivity contribution < 1.29 is 9.53 Å². The van der Waals surface area contributed by atoms with Crippen LogP contribution >= 0.6 is 0 Å². The first kappa shape index (κ1) is 12.6. The molecule has 0 spiro atoms. The van der Waals surface area contributed by atoms with Crippen LogP contribution in [0.4, 0.5) is 0 Å². The van der Waals surface area contributed by atoms with E-state index in [4.69, 9.17) is 0 Å². The number of esters is 1. The van der Waals surface area contributed by atoms with E-state index in [1.165, 1.54) is 7.11 Å². The molecule has 0 aromatic carbocycles. The van der Waals surface area contributed by atoms with Crippen LogP contribution in [0, 0.1) is 5.92 Å². The predicted octanol–water partition coefficient (Wildman–Crippen LogP) is 1.54. The number of nitrogens with zero attached hydrogens (tertiary/aromatic N) is 1. The van der Waals surface area contributed by atoms with Crippen LogP contribution in [0.5, 0.6) is 0 Å². The van der Waals surface area contributed by atoms with Crippen molar-refractivity contribution in [2.24, 2.45) is 5.92 Å². The van der Waals surface area contributed by atoms with Gasteiger partial charge in [0.25, 0.3) is 0 Å². The lowest BCUT2D eigenvalue weighted by Crippen LogP contribution is -2.29. The third-order valence-corrected chi connectivity index (χ3v) is 2.47. The molecule has 0 saturated heterocycles. The van der Waals surface area contributed by atoms with Crippen LogP contribution in [0.15, 0.2) is 24.4 Å². The molecule has 1 aromatic rings. The summed E-state index contributed by atoms with van der Waals surface area (Å²) in [4.78, 5) is 15.4. The van der Waals surface area contributed by atoms with Crippen LogP contribution in [0.1, 0.15) is 25.6 Å². The average molecular weight is 222 g/mol. The number of rotatable bonds is 5. The van der Waals surface area contributed by atoms with Gasteiger partial charge in [0.15, 0.2) is 0 Å². The summed E-state index contributed by atoms with van der Waals surface area (Å²) in [6.07, 6.45) is 1.76. The second-order valence-electron chi connectivity index (χ2n) is 3.81. The Labute approximate surface area is 96.0 Å². The average Bonchev–Trinajstić information content (AvgIpc) is 2.35. The second-order valence-corrected chi connectivity index (χ2v) is 3.81. The molecule has 1 aromatic heterocycles. The van der Waals surface area contributed by atoms with Gasteiger partial charge in [0.05, 0.1) is 18.7 Å². The second kappa shape index (κ2) is 6.23. The molecule has 1 unspecified atom stereocenters. The molecule has 2 atom stereocenters. The van der Waals surface area contributed by atoms with E-state index in [0.717, 1.165) is 5.69 Å². The van der Waals surface area contributed by atoms with E-state index < -0.39 is 0 Å². The van der Waals surface area contributed by atoms with Crippen LogP contribution < -0.4 is 5.32 Å². The first-order valence-electron chi connectivity index (χ1n) is 5.37. The van der Waals surface area contributed by atoms with Crippen molar-refractivity contribution >= 4 is 5.97 Å². The van der Waals surface area contributed by atoms with Crippen molar-refractivity contribution in [2.45, 2.75) is 19.9 Å². The monoisotopic (exact) mass is 222 g/mol. The molecule has 4 heteroatoms. The molecule has 0 saturated carbocycles. The van der Waals surface area contributed by atoms with E-state index >= 15 is 0 Å². The molecule has 88 valence electrons. The zero-order valence-corrected chi connectivity index (χ0v) is 9.93. The fourth-order valence-electron chi connectivity index (χ4n) is 1.37. The maximum atomic E-state index is 11.2. The molecular weight excluding hydrogens is 204 g/mol. The number of pyridine rings is 1. The Morgan fingerprint density at radius 1 is 1.50 bits per heavy atom. The summed E-state index contributed by atoms with van der Waals surface area (Å²) < 4.78 is 4.66. The van der Waals surface area contributed by atoms with Crippen molar-refractivity contribution in [3.8, 4) is 0 Å². The molecule has 1 heterocycles. The van der Waals surface area contributed by atoms with E-state index in [0.29, 0.717) is 6.54 Å². The van der Waals surface area contributed by atoms with Crippen LogP contribution in [0.3, 0.4) is 0 Å². The number of aromatic nitrogens is 1. The smallest absolute Gasteiger partial charge is 0.309 e. The highest BCUT2D eigenvalue weighted by atomic mass is 16.5. The van der Waals surface area contributed by atoms with Gasteiger partial charge in [-0.15, -0.1) is 0 Å². The Hall–Kier alpha value is -1.42. The van der Waals surface area contributed by atoms with Gasteiger partial charge in [0.1, 0.15) is 0 Å². The molecule has 0 bridgehead atoms. The molecule has 0 aliphatic rings. The number of carbonyl (C=O) groups excluding carboxylic acids is 1. The maximum Gasteiger partial charge on any atom is 0.309 e. The standard InChI is InChI=1S/C12H18N2O2/c1-9(12(15)16-3)8-14-10(2)11-6-4-5-7-13-11/h4-7,9-10,14H,8H2,1-3H3/t9?,10-/m0/s1. The number of methoxy groups -OCH3 is 1. The Morgan fingerprint density at radius 2 is 2.25 bits per heavy atom. The minimum Gasteiger partial charge on any atom is -0.469 e. The van der Waals surface area contributed by atoms with Gasteiger partial charge in [-0.05, 0) is 19.1 Å². The predicted molar refractivity (Wildman–Crippen MR) is 61.8 cm³/mol. The molecule has 16 heavy (non-hydrogen) atoms. The van der Waals surface area contributed by atoms with E-state index in [1.807, 2.05) is 32.0 Å². The van der Waals surface area contributed by atoms with Crippen LogP contribution in [0.2, 0.25) is 0 Å². The summed E-state index contributed by atoms with van der Waals surface area (Å²) >= 11 is 0. The largest absolute Gasteiger partial charge is 0.469 e. The quantitative estimate of drug-likeness (QED) is 0.768. The van der Waals surface area contributed by atoms with Gasteiger partial charge in [-0.1, -0.05) is 13.0 Å². The van der Waals surface area contributed by atoms with Crippen LogP contribution in [-0.2, 0) is 9.53 Å². The van der Waals surface area contributed by atoms with Crippen molar-refractivity contribution in [1.29, 1.82) is 0 Å². The number of carbonyl (C=O) groups is 1. The summed E-state index contributed by atoms with van der Waals surface area (Å²) in [6, 6.07) is 5.92. The molecular formula is C12H18N2O2. The lowest BCUT2D eigenvalue weighted by atomic mass is 10.1. The zero-order valence-electron chi connectivity index (χ0n) is 9.93. The van der Waals surface area contributed by atoms with Gasteiger partial charge in [-0.25, -0.2) is 0 Å². The highest BCUT2D eigenvalue weighted by Gasteiger charge is 2.14.